The molecule has 0 aliphatic heterocycles. The van der Waals surface area contributed by atoms with Gasteiger partial charge in [0.15, 0.2) is 0 Å². The molecular formula is C16H21Cl2NO2. The van der Waals surface area contributed by atoms with Crippen molar-refractivity contribution in [3.8, 4) is 0 Å². The molecule has 0 radical (unpaired) electrons. The predicted octanol–water partition coefficient (Wildman–Crippen LogP) is 3.59. The minimum atomic E-state index is -0.780. The van der Waals surface area contributed by atoms with E-state index in [-0.39, 0.29) is 18.9 Å². The highest BCUT2D eigenvalue weighted by Gasteiger charge is 2.32. The standard InChI is InChI=1S/C16H21Cl2NO2/c1-11-4-3-7-16(21,9-11)10-19-15(20)8-12-13(17)5-2-6-14(12)18/h2,5-6,11,21H,3-4,7-10H2,1H3,(H,19,20). The number of aliphatic hydroxyl groups is 1. The number of hydrogen-bond acceptors (Lipinski definition) is 2. The molecule has 116 valence electrons. The van der Waals surface area contributed by atoms with E-state index in [1.807, 2.05) is 0 Å². The first-order valence-corrected chi connectivity index (χ1v) is 8.07. The molecule has 1 aliphatic rings. The van der Waals surface area contributed by atoms with Gasteiger partial charge in [-0.25, -0.2) is 0 Å². The molecule has 2 N–H and O–H groups in total. The van der Waals surface area contributed by atoms with Crippen LogP contribution < -0.4 is 5.32 Å². The fourth-order valence-electron chi connectivity index (χ4n) is 2.98. The minimum Gasteiger partial charge on any atom is -0.388 e. The summed E-state index contributed by atoms with van der Waals surface area (Å²) in [5.41, 5.74) is -0.153. The van der Waals surface area contributed by atoms with Crippen molar-refractivity contribution in [1.82, 2.24) is 5.32 Å². The Morgan fingerprint density at radius 3 is 2.71 bits per heavy atom. The summed E-state index contributed by atoms with van der Waals surface area (Å²) in [6.45, 7) is 2.42. The maximum atomic E-state index is 12.0. The fraction of sp³-hybridized carbons (Fsp3) is 0.562. The molecule has 0 heterocycles. The summed E-state index contributed by atoms with van der Waals surface area (Å²) in [6.07, 6.45) is 3.75. The number of amides is 1. The third kappa shape index (κ3) is 4.60. The lowest BCUT2D eigenvalue weighted by molar-refractivity contribution is -0.122. The Kier molecular flexibility index (Phi) is 5.53. The van der Waals surface area contributed by atoms with Crippen molar-refractivity contribution >= 4 is 29.1 Å². The highest BCUT2D eigenvalue weighted by atomic mass is 35.5. The van der Waals surface area contributed by atoms with Crippen molar-refractivity contribution in [2.24, 2.45) is 5.92 Å². The van der Waals surface area contributed by atoms with Crippen LogP contribution in [0.4, 0.5) is 0 Å². The van der Waals surface area contributed by atoms with Gasteiger partial charge in [-0.15, -0.1) is 0 Å². The molecule has 0 aromatic heterocycles. The Balaban J connectivity index is 1.90. The summed E-state index contributed by atoms with van der Waals surface area (Å²) in [5, 5.41) is 14.3. The molecule has 1 amide bonds. The van der Waals surface area contributed by atoms with Crippen LogP contribution in [0.25, 0.3) is 0 Å². The molecular weight excluding hydrogens is 309 g/mol. The molecule has 1 fully saturated rings. The highest BCUT2D eigenvalue weighted by molar-refractivity contribution is 6.36. The molecule has 1 aliphatic carbocycles. The Hall–Kier alpha value is -0.770. The summed E-state index contributed by atoms with van der Waals surface area (Å²) in [6, 6.07) is 5.18. The van der Waals surface area contributed by atoms with E-state index in [1.54, 1.807) is 18.2 Å². The molecule has 2 unspecified atom stereocenters. The van der Waals surface area contributed by atoms with Crippen molar-refractivity contribution in [3.05, 3.63) is 33.8 Å². The van der Waals surface area contributed by atoms with Crippen LogP contribution >= 0.6 is 23.2 Å². The molecule has 5 heteroatoms. The molecule has 21 heavy (non-hydrogen) atoms. The quantitative estimate of drug-likeness (QED) is 0.886. The molecule has 1 aromatic carbocycles. The van der Waals surface area contributed by atoms with Crippen molar-refractivity contribution in [2.45, 2.75) is 44.6 Å². The number of hydrogen-bond donors (Lipinski definition) is 2. The van der Waals surface area contributed by atoms with Gasteiger partial charge in [0.2, 0.25) is 5.91 Å². The van der Waals surface area contributed by atoms with Crippen LogP contribution in [0, 0.1) is 5.92 Å². The van der Waals surface area contributed by atoms with E-state index >= 15 is 0 Å². The molecule has 0 spiro atoms. The Morgan fingerprint density at radius 2 is 2.10 bits per heavy atom. The summed E-state index contributed by atoms with van der Waals surface area (Å²) in [4.78, 5) is 12.0. The van der Waals surface area contributed by atoms with Gasteiger partial charge in [0.1, 0.15) is 0 Å². The van der Waals surface area contributed by atoms with E-state index in [4.69, 9.17) is 23.2 Å². The first-order valence-electron chi connectivity index (χ1n) is 7.31. The first-order chi connectivity index (χ1) is 9.89. The topological polar surface area (TPSA) is 49.3 Å². The zero-order valence-corrected chi connectivity index (χ0v) is 13.7. The van der Waals surface area contributed by atoms with Crippen LogP contribution in [-0.2, 0) is 11.2 Å². The summed E-state index contributed by atoms with van der Waals surface area (Å²) in [5.74, 6) is 0.329. The summed E-state index contributed by atoms with van der Waals surface area (Å²) in [7, 11) is 0. The number of rotatable bonds is 4. The average molecular weight is 330 g/mol. The predicted molar refractivity (Wildman–Crippen MR) is 85.8 cm³/mol. The molecule has 2 atom stereocenters. The molecule has 1 saturated carbocycles. The molecule has 3 nitrogen and oxygen atoms in total. The van der Waals surface area contributed by atoms with Gasteiger partial charge in [0.25, 0.3) is 0 Å². The van der Waals surface area contributed by atoms with Crippen LogP contribution in [0.3, 0.4) is 0 Å². The van der Waals surface area contributed by atoms with Gasteiger partial charge < -0.3 is 10.4 Å². The van der Waals surface area contributed by atoms with Gasteiger partial charge >= 0.3 is 0 Å². The second-order valence-corrected chi connectivity index (χ2v) is 6.89. The van der Waals surface area contributed by atoms with Gasteiger partial charge in [-0.1, -0.05) is 49.0 Å². The number of benzene rings is 1. The second kappa shape index (κ2) is 6.99. The van der Waals surface area contributed by atoms with Crippen molar-refractivity contribution in [2.75, 3.05) is 6.54 Å². The summed E-state index contributed by atoms with van der Waals surface area (Å²) < 4.78 is 0. The smallest absolute Gasteiger partial charge is 0.224 e. The van der Waals surface area contributed by atoms with Crippen LogP contribution in [0.15, 0.2) is 18.2 Å². The van der Waals surface area contributed by atoms with E-state index in [9.17, 15) is 9.90 Å². The van der Waals surface area contributed by atoms with E-state index in [0.717, 1.165) is 25.7 Å². The van der Waals surface area contributed by atoms with Crippen LogP contribution in [0.5, 0.6) is 0 Å². The molecule has 0 saturated heterocycles. The highest BCUT2D eigenvalue weighted by Crippen LogP contribution is 2.31. The maximum absolute atomic E-state index is 12.0. The van der Waals surface area contributed by atoms with Crippen LogP contribution in [0.1, 0.15) is 38.2 Å². The van der Waals surface area contributed by atoms with Crippen molar-refractivity contribution in [1.29, 1.82) is 0 Å². The van der Waals surface area contributed by atoms with E-state index in [2.05, 4.69) is 12.2 Å². The van der Waals surface area contributed by atoms with Gasteiger partial charge in [0.05, 0.1) is 12.0 Å². The zero-order valence-electron chi connectivity index (χ0n) is 12.2. The normalized spacial score (nSPS) is 25.6. The third-order valence-electron chi connectivity index (χ3n) is 4.08. The van der Waals surface area contributed by atoms with Gasteiger partial charge in [-0.2, -0.15) is 0 Å². The Labute approximate surface area is 135 Å². The lowest BCUT2D eigenvalue weighted by Gasteiger charge is -2.35. The lowest BCUT2D eigenvalue weighted by Crippen LogP contribution is -2.46. The molecule has 0 bridgehead atoms. The van der Waals surface area contributed by atoms with E-state index < -0.39 is 5.60 Å². The minimum absolute atomic E-state index is 0.129. The van der Waals surface area contributed by atoms with Gasteiger partial charge in [-0.3, -0.25) is 4.79 Å². The van der Waals surface area contributed by atoms with E-state index in [1.165, 1.54) is 0 Å². The average Bonchev–Trinajstić information content (AvgIpc) is 2.41. The van der Waals surface area contributed by atoms with Crippen molar-refractivity contribution < 1.29 is 9.90 Å². The largest absolute Gasteiger partial charge is 0.388 e. The maximum Gasteiger partial charge on any atom is 0.224 e. The lowest BCUT2D eigenvalue weighted by atomic mass is 9.79. The number of nitrogens with one attached hydrogen (secondary N) is 1. The zero-order chi connectivity index (χ0) is 15.5. The Bertz CT molecular complexity index is 501. The monoisotopic (exact) mass is 329 g/mol. The summed E-state index contributed by atoms with van der Waals surface area (Å²) >= 11 is 12.1. The van der Waals surface area contributed by atoms with Gasteiger partial charge in [0, 0.05) is 16.6 Å². The second-order valence-electron chi connectivity index (χ2n) is 6.08. The van der Waals surface area contributed by atoms with E-state index in [0.29, 0.717) is 21.5 Å². The fourth-order valence-corrected chi connectivity index (χ4v) is 3.51. The van der Waals surface area contributed by atoms with Crippen LogP contribution in [-0.4, -0.2) is 23.2 Å². The third-order valence-corrected chi connectivity index (χ3v) is 4.79. The molecule has 1 aromatic rings. The van der Waals surface area contributed by atoms with Gasteiger partial charge in [-0.05, 0) is 36.5 Å². The first kappa shape index (κ1) is 16.6. The Morgan fingerprint density at radius 1 is 1.43 bits per heavy atom. The number of halogens is 2. The number of carbonyl (C=O) groups is 1. The van der Waals surface area contributed by atoms with Crippen LogP contribution in [0.2, 0.25) is 10.0 Å². The van der Waals surface area contributed by atoms with Crippen molar-refractivity contribution in [3.63, 3.8) is 0 Å². The molecule has 2 rings (SSSR count). The number of carbonyl (C=O) groups excluding carboxylic acids is 1. The SMILES string of the molecule is CC1CCCC(O)(CNC(=O)Cc2c(Cl)cccc2Cl)C1.